The number of imidazole rings is 1. The molecule has 1 amide bonds. The highest BCUT2D eigenvalue weighted by atomic mass is 16.5. The summed E-state index contributed by atoms with van der Waals surface area (Å²) in [6.07, 6.45) is 2.35. The van der Waals surface area contributed by atoms with Crippen LogP contribution in [0.25, 0.3) is 5.69 Å². The normalized spacial score (nSPS) is 12.1. The van der Waals surface area contributed by atoms with E-state index in [-0.39, 0.29) is 19.1 Å². The van der Waals surface area contributed by atoms with E-state index in [0.29, 0.717) is 5.69 Å². The molecule has 20 heavy (non-hydrogen) atoms. The molecule has 0 fully saturated rings. The maximum atomic E-state index is 12.1. The van der Waals surface area contributed by atoms with Gasteiger partial charge in [0, 0.05) is 19.3 Å². The molecular formula is C14H17N3O3. The number of amides is 1. The lowest BCUT2D eigenvalue weighted by molar-refractivity contribution is 0.0608. The molecule has 2 aromatic rings. The smallest absolute Gasteiger partial charge is 0.270 e. The zero-order valence-electron chi connectivity index (χ0n) is 11.2. The molecule has 6 nitrogen and oxygen atoms in total. The van der Waals surface area contributed by atoms with Crippen molar-refractivity contribution in [2.75, 3.05) is 20.3 Å². The summed E-state index contributed by atoms with van der Waals surface area (Å²) in [5.41, 5.74) is 1.27. The fraction of sp³-hybridized carbons (Fsp3) is 0.286. The van der Waals surface area contributed by atoms with E-state index in [0.717, 1.165) is 5.69 Å². The van der Waals surface area contributed by atoms with Crippen LogP contribution in [0.3, 0.4) is 0 Å². The summed E-state index contributed by atoms with van der Waals surface area (Å²) in [6.45, 7) is 0.310. The molecule has 1 heterocycles. The molecule has 1 atom stereocenters. The van der Waals surface area contributed by atoms with Crippen molar-refractivity contribution in [1.82, 2.24) is 14.9 Å². The van der Waals surface area contributed by atoms with Gasteiger partial charge in [-0.1, -0.05) is 18.2 Å². The van der Waals surface area contributed by atoms with Crippen LogP contribution in [0.1, 0.15) is 10.5 Å². The minimum absolute atomic E-state index is 0.132. The lowest BCUT2D eigenvalue weighted by Crippen LogP contribution is -2.35. The average molecular weight is 275 g/mol. The van der Waals surface area contributed by atoms with Crippen LogP contribution in [0, 0.1) is 0 Å². The Bertz CT molecular complexity index is 554. The van der Waals surface area contributed by atoms with Crippen molar-refractivity contribution in [3.63, 3.8) is 0 Å². The summed E-state index contributed by atoms with van der Waals surface area (Å²) in [6, 6.07) is 9.45. The highest BCUT2D eigenvalue weighted by Gasteiger charge is 2.14. The Balaban J connectivity index is 2.07. The van der Waals surface area contributed by atoms with Crippen LogP contribution in [0.2, 0.25) is 0 Å². The first-order valence-electron chi connectivity index (χ1n) is 6.25. The molecule has 0 bridgehead atoms. The SMILES string of the molecule is COCC(O)CNC(=O)c1cncn1-c1ccccc1. The zero-order chi connectivity index (χ0) is 14.4. The molecule has 0 aliphatic heterocycles. The second-order valence-electron chi connectivity index (χ2n) is 4.30. The Morgan fingerprint density at radius 1 is 1.45 bits per heavy atom. The lowest BCUT2D eigenvalue weighted by atomic mass is 10.3. The quantitative estimate of drug-likeness (QED) is 0.810. The topological polar surface area (TPSA) is 76.4 Å². The number of para-hydroxylation sites is 1. The number of benzene rings is 1. The highest BCUT2D eigenvalue weighted by molar-refractivity contribution is 5.93. The molecule has 106 valence electrons. The molecule has 2 rings (SSSR count). The number of carbonyl (C=O) groups is 1. The number of rotatable bonds is 6. The van der Waals surface area contributed by atoms with Gasteiger partial charge in [0.25, 0.3) is 5.91 Å². The number of nitrogens with zero attached hydrogens (tertiary/aromatic N) is 2. The number of aromatic nitrogens is 2. The van der Waals surface area contributed by atoms with Crippen molar-refractivity contribution < 1.29 is 14.6 Å². The Labute approximate surface area is 117 Å². The largest absolute Gasteiger partial charge is 0.389 e. The van der Waals surface area contributed by atoms with Gasteiger partial charge in [-0.3, -0.25) is 9.36 Å². The van der Waals surface area contributed by atoms with E-state index in [1.807, 2.05) is 30.3 Å². The van der Waals surface area contributed by atoms with Crippen LogP contribution in [-0.4, -0.2) is 46.9 Å². The molecule has 1 unspecified atom stereocenters. The maximum absolute atomic E-state index is 12.1. The van der Waals surface area contributed by atoms with Crippen LogP contribution < -0.4 is 5.32 Å². The van der Waals surface area contributed by atoms with Crippen LogP contribution in [0.4, 0.5) is 0 Å². The molecule has 0 aliphatic rings. The summed E-state index contributed by atoms with van der Waals surface area (Å²) >= 11 is 0. The molecule has 0 aliphatic carbocycles. The number of carbonyl (C=O) groups excluding carboxylic acids is 1. The minimum atomic E-state index is -0.725. The van der Waals surface area contributed by atoms with Gasteiger partial charge in [0.2, 0.25) is 0 Å². The number of nitrogens with one attached hydrogen (secondary N) is 1. The van der Waals surface area contributed by atoms with E-state index >= 15 is 0 Å². The Hall–Kier alpha value is -2.18. The molecule has 2 N–H and O–H groups in total. The highest BCUT2D eigenvalue weighted by Crippen LogP contribution is 2.10. The zero-order valence-corrected chi connectivity index (χ0v) is 11.2. The van der Waals surface area contributed by atoms with E-state index in [4.69, 9.17) is 4.74 Å². The fourth-order valence-electron chi connectivity index (χ4n) is 1.81. The van der Waals surface area contributed by atoms with Gasteiger partial charge in [0.05, 0.1) is 25.2 Å². The molecule has 1 aromatic carbocycles. The minimum Gasteiger partial charge on any atom is -0.389 e. The average Bonchev–Trinajstić information content (AvgIpc) is 2.95. The van der Waals surface area contributed by atoms with Crippen molar-refractivity contribution in [3.8, 4) is 5.69 Å². The van der Waals surface area contributed by atoms with Gasteiger partial charge in [0.15, 0.2) is 0 Å². The third-order valence-corrected chi connectivity index (χ3v) is 2.76. The summed E-state index contributed by atoms with van der Waals surface area (Å²) < 4.78 is 6.49. The molecule has 0 spiro atoms. The summed E-state index contributed by atoms with van der Waals surface area (Å²) in [4.78, 5) is 16.1. The summed E-state index contributed by atoms with van der Waals surface area (Å²) in [5, 5.41) is 12.2. The van der Waals surface area contributed by atoms with Crippen molar-refractivity contribution in [3.05, 3.63) is 48.5 Å². The summed E-state index contributed by atoms with van der Waals surface area (Å²) in [7, 11) is 1.50. The Morgan fingerprint density at radius 2 is 2.20 bits per heavy atom. The molecule has 6 heteroatoms. The van der Waals surface area contributed by atoms with Crippen LogP contribution in [-0.2, 0) is 4.74 Å². The second kappa shape index (κ2) is 6.83. The van der Waals surface area contributed by atoms with Crippen LogP contribution >= 0.6 is 0 Å². The molecule has 0 saturated carbocycles. The van der Waals surface area contributed by atoms with Crippen molar-refractivity contribution in [1.29, 1.82) is 0 Å². The fourth-order valence-corrected chi connectivity index (χ4v) is 1.81. The van der Waals surface area contributed by atoms with Gasteiger partial charge in [-0.15, -0.1) is 0 Å². The van der Waals surface area contributed by atoms with Gasteiger partial charge in [-0.05, 0) is 12.1 Å². The lowest BCUT2D eigenvalue weighted by Gasteiger charge is -2.12. The molecule has 0 saturated heterocycles. The third-order valence-electron chi connectivity index (χ3n) is 2.76. The van der Waals surface area contributed by atoms with E-state index in [9.17, 15) is 9.90 Å². The van der Waals surface area contributed by atoms with Crippen LogP contribution in [0.5, 0.6) is 0 Å². The maximum Gasteiger partial charge on any atom is 0.270 e. The van der Waals surface area contributed by atoms with E-state index < -0.39 is 6.10 Å². The predicted molar refractivity (Wildman–Crippen MR) is 73.8 cm³/mol. The molecule has 0 radical (unpaired) electrons. The third kappa shape index (κ3) is 3.43. The van der Waals surface area contributed by atoms with E-state index in [1.165, 1.54) is 13.3 Å². The van der Waals surface area contributed by atoms with Gasteiger partial charge < -0.3 is 15.2 Å². The molecule has 1 aromatic heterocycles. The Kier molecular flexibility index (Phi) is 4.86. The van der Waals surface area contributed by atoms with Gasteiger partial charge in [-0.2, -0.15) is 0 Å². The Morgan fingerprint density at radius 3 is 2.90 bits per heavy atom. The van der Waals surface area contributed by atoms with Crippen molar-refractivity contribution in [2.24, 2.45) is 0 Å². The van der Waals surface area contributed by atoms with E-state index in [1.54, 1.807) is 10.9 Å². The molecular weight excluding hydrogens is 258 g/mol. The van der Waals surface area contributed by atoms with Crippen molar-refractivity contribution >= 4 is 5.91 Å². The summed E-state index contributed by atoms with van der Waals surface area (Å²) in [5.74, 6) is -0.290. The first kappa shape index (κ1) is 14.2. The van der Waals surface area contributed by atoms with Crippen molar-refractivity contribution in [2.45, 2.75) is 6.10 Å². The van der Waals surface area contributed by atoms with Crippen LogP contribution in [0.15, 0.2) is 42.9 Å². The van der Waals surface area contributed by atoms with E-state index in [2.05, 4.69) is 10.3 Å². The number of methoxy groups -OCH3 is 1. The van der Waals surface area contributed by atoms with Gasteiger partial charge in [-0.25, -0.2) is 4.98 Å². The number of hydrogen-bond donors (Lipinski definition) is 2. The number of aliphatic hydroxyl groups excluding tert-OH is 1. The van der Waals surface area contributed by atoms with Gasteiger partial charge in [0.1, 0.15) is 5.69 Å². The van der Waals surface area contributed by atoms with Gasteiger partial charge >= 0.3 is 0 Å². The number of ether oxygens (including phenoxy) is 1. The standard InChI is InChI=1S/C14H17N3O3/c1-20-9-12(18)7-16-14(19)13-8-15-10-17(13)11-5-3-2-4-6-11/h2-6,8,10,12,18H,7,9H2,1H3,(H,16,19). The second-order valence-corrected chi connectivity index (χ2v) is 4.30. The first-order chi connectivity index (χ1) is 9.72. The first-order valence-corrected chi connectivity index (χ1v) is 6.25. The number of hydrogen-bond acceptors (Lipinski definition) is 4. The predicted octanol–water partition coefficient (Wildman–Crippen LogP) is 0.609. The number of aliphatic hydroxyl groups is 1. The monoisotopic (exact) mass is 275 g/mol.